The number of carbonyl (C=O) groups is 1. The quantitative estimate of drug-likeness (QED) is 0.661. The SMILES string of the molecule is Cc1cc(=O)oc2c(C)c(OCC(=O)N(C)Cc3ccccc3)ccc12. The molecule has 0 aliphatic rings. The van der Waals surface area contributed by atoms with Crippen LogP contribution in [0.5, 0.6) is 5.75 Å². The van der Waals surface area contributed by atoms with E-state index in [1.165, 1.54) is 6.07 Å². The number of likely N-dealkylation sites (N-methyl/N-ethyl adjacent to an activating group) is 1. The van der Waals surface area contributed by atoms with Gasteiger partial charge in [-0.2, -0.15) is 0 Å². The topological polar surface area (TPSA) is 59.8 Å². The summed E-state index contributed by atoms with van der Waals surface area (Å²) < 4.78 is 11.0. The highest BCUT2D eigenvalue weighted by atomic mass is 16.5. The average Bonchev–Trinajstić information content (AvgIpc) is 2.62. The van der Waals surface area contributed by atoms with Gasteiger partial charge >= 0.3 is 5.63 Å². The minimum absolute atomic E-state index is 0.0777. The highest BCUT2D eigenvalue weighted by Crippen LogP contribution is 2.28. The molecule has 0 aliphatic heterocycles. The number of hydrogen-bond donors (Lipinski definition) is 0. The van der Waals surface area contributed by atoms with Crippen LogP contribution in [0.2, 0.25) is 0 Å². The Hall–Kier alpha value is -3.08. The van der Waals surface area contributed by atoms with Gasteiger partial charge in [0.05, 0.1) is 0 Å². The van der Waals surface area contributed by atoms with E-state index in [1.54, 1.807) is 18.0 Å². The van der Waals surface area contributed by atoms with Crippen LogP contribution in [0.3, 0.4) is 0 Å². The predicted octanol–water partition coefficient (Wildman–Crippen LogP) is 3.45. The summed E-state index contributed by atoms with van der Waals surface area (Å²) in [4.78, 5) is 25.6. The maximum Gasteiger partial charge on any atom is 0.336 e. The molecule has 2 aromatic carbocycles. The molecule has 5 nitrogen and oxygen atoms in total. The first-order valence-electron chi connectivity index (χ1n) is 8.40. The van der Waals surface area contributed by atoms with Gasteiger partial charge in [0, 0.05) is 30.6 Å². The Kier molecular flexibility index (Phi) is 5.07. The molecule has 26 heavy (non-hydrogen) atoms. The van der Waals surface area contributed by atoms with E-state index in [1.807, 2.05) is 50.2 Å². The molecule has 0 saturated carbocycles. The first kappa shape index (κ1) is 17.7. The third kappa shape index (κ3) is 3.77. The van der Waals surface area contributed by atoms with E-state index in [0.717, 1.165) is 16.5 Å². The summed E-state index contributed by atoms with van der Waals surface area (Å²) in [5.74, 6) is 0.409. The molecule has 0 unspecified atom stereocenters. The van der Waals surface area contributed by atoms with Crippen molar-refractivity contribution in [3.05, 3.63) is 75.6 Å². The molecular formula is C21H21NO4. The summed E-state index contributed by atoms with van der Waals surface area (Å²) in [6, 6.07) is 14.9. The molecule has 0 N–H and O–H groups in total. The maximum absolute atomic E-state index is 12.3. The van der Waals surface area contributed by atoms with Crippen molar-refractivity contribution in [1.82, 2.24) is 4.90 Å². The van der Waals surface area contributed by atoms with Gasteiger partial charge in [-0.05, 0) is 37.1 Å². The molecule has 0 saturated heterocycles. The van der Waals surface area contributed by atoms with Gasteiger partial charge in [-0.3, -0.25) is 4.79 Å². The van der Waals surface area contributed by atoms with Gasteiger partial charge in [0.2, 0.25) is 0 Å². The lowest BCUT2D eigenvalue weighted by molar-refractivity contribution is -0.132. The third-order valence-corrected chi connectivity index (χ3v) is 4.36. The van der Waals surface area contributed by atoms with E-state index in [0.29, 0.717) is 23.4 Å². The van der Waals surface area contributed by atoms with Crippen LogP contribution in [0.15, 0.2) is 57.7 Å². The number of rotatable bonds is 5. The lowest BCUT2D eigenvalue weighted by Gasteiger charge is -2.18. The fourth-order valence-electron chi connectivity index (χ4n) is 2.85. The van der Waals surface area contributed by atoms with E-state index in [9.17, 15) is 9.59 Å². The van der Waals surface area contributed by atoms with Crippen LogP contribution >= 0.6 is 0 Å². The van der Waals surface area contributed by atoms with Gasteiger partial charge in [-0.15, -0.1) is 0 Å². The Morgan fingerprint density at radius 1 is 1.12 bits per heavy atom. The summed E-state index contributed by atoms with van der Waals surface area (Å²) in [6.45, 7) is 4.12. The second-order valence-electron chi connectivity index (χ2n) is 6.34. The summed E-state index contributed by atoms with van der Waals surface area (Å²) in [7, 11) is 1.74. The van der Waals surface area contributed by atoms with Gasteiger partial charge < -0.3 is 14.1 Å². The van der Waals surface area contributed by atoms with Crippen LogP contribution in [0, 0.1) is 13.8 Å². The number of fused-ring (bicyclic) bond motifs is 1. The van der Waals surface area contributed by atoms with E-state index in [4.69, 9.17) is 9.15 Å². The Balaban J connectivity index is 1.72. The molecule has 0 aliphatic carbocycles. The molecule has 0 bridgehead atoms. The smallest absolute Gasteiger partial charge is 0.336 e. The van der Waals surface area contributed by atoms with Crippen molar-refractivity contribution in [2.24, 2.45) is 0 Å². The minimum Gasteiger partial charge on any atom is -0.483 e. The average molecular weight is 351 g/mol. The Morgan fingerprint density at radius 2 is 1.85 bits per heavy atom. The van der Waals surface area contributed by atoms with Crippen LogP contribution < -0.4 is 10.4 Å². The third-order valence-electron chi connectivity index (χ3n) is 4.36. The zero-order valence-electron chi connectivity index (χ0n) is 15.1. The summed E-state index contributed by atoms with van der Waals surface area (Å²) in [6.07, 6.45) is 0. The van der Waals surface area contributed by atoms with Crippen molar-refractivity contribution >= 4 is 16.9 Å². The molecule has 0 spiro atoms. The van der Waals surface area contributed by atoms with Crippen LogP contribution in [-0.2, 0) is 11.3 Å². The lowest BCUT2D eigenvalue weighted by atomic mass is 10.1. The van der Waals surface area contributed by atoms with Crippen LogP contribution in [0.4, 0.5) is 0 Å². The van der Waals surface area contributed by atoms with Gasteiger partial charge in [0.25, 0.3) is 5.91 Å². The zero-order chi connectivity index (χ0) is 18.7. The van der Waals surface area contributed by atoms with E-state index in [-0.39, 0.29) is 12.5 Å². The fourth-order valence-corrected chi connectivity index (χ4v) is 2.85. The second kappa shape index (κ2) is 7.44. The number of nitrogens with zero attached hydrogens (tertiary/aromatic N) is 1. The molecule has 0 atom stereocenters. The van der Waals surface area contributed by atoms with Gasteiger partial charge in [0.15, 0.2) is 6.61 Å². The first-order chi connectivity index (χ1) is 12.5. The molecule has 5 heteroatoms. The second-order valence-corrected chi connectivity index (χ2v) is 6.34. The maximum atomic E-state index is 12.3. The number of hydrogen-bond acceptors (Lipinski definition) is 4. The Bertz CT molecular complexity index is 992. The lowest BCUT2D eigenvalue weighted by Crippen LogP contribution is -2.31. The standard InChI is InChI=1S/C21H21NO4/c1-14-11-20(24)26-21-15(2)18(10-9-17(14)21)25-13-19(23)22(3)12-16-7-5-4-6-8-16/h4-11H,12-13H2,1-3H3. The number of ether oxygens (including phenoxy) is 1. The van der Waals surface area contributed by atoms with Crippen molar-refractivity contribution < 1.29 is 13.9 Å². The number of benzene rings is 2. The van der Waals surface area contributed by atoms with E-state index >= 15 is 0 Å². The summed E-state index contributed by atoms with van der Waals surface area (Å²) >= 11 is 0. The highest BCUT2D eigenvalue weighted by molar-refractivity contribution is 5.85. The van der Waals surface area contributed by atoms with Crippen molar-refractivity contribution in [1.29, 1.82) is 0 Å². The van der Waals surface area contributed by atoms with Crippen LogP contribution in [0.1, 0.15) is 16.7 Å². The van der Waals surface area contributed by atoms with Gasteiger partial charge in [-0.1, -0.05) is 30.3 Å². The minimum atomic E-state index is -0.395. The molecule has 0 radical (unpaired) electrons. The molecule has 1 aromatic heterocycles. The van der Waals surface area contributed by atoms with Crippen molar-refractivity contribution in [2.45, 2.75) is 20.4 Å². The monoisotopic (exact) mass is 351 g/mol. The normalized spacial score (nSPS) is 10.7. The molecule has 3 rings (SSSR count). The summed E-state index contributed by atoms with van der Waals surface area (Å²) in [5.41, 5.74) is 2.72. The Labute approximate surface area is 151 Å². The Morgan fingerprint density at radius 3 is 2.58 bits per heavy atom. The van der Waals surface area contributed by atoms with Gasteiger partial charge in [-0.25, -0.2) is 4.79 Å². The molecule has 134 valence electrons. The molecule has 0 fully saturated rings. The van der Waals surface area contributed by atoms with Crippen molar-refractivity contribution in [2.75, 3.05) is 13.7 Å². The van der Waals surface area contributed by atoms with Gasteiger partial charge in [0.1, 0.15) is 11.3 Å². The van der Waals surface area contributed by atoms with Crippen molar-refractivity contribution in [3.8, 4) is 5.75 Å². The fraction of sp³-hybridized carbons (Fsp3) is 0.238. The summed E-state index contributed by atoms with van der Waals surface area (Å²) in [5, 5.41) is 0.863. The number of carbonyl (C=O) groups excluding carboxylic acids is 1. The zero-order valence-corrected chi connectivity index (χ0v) is 15.1. The molecule has 1 heterocycles. The molecule has 1 amide bonds. The first-order valence-corrected chi connectivity index (χ1v) is 8.40. The van der Waals surface area contributed by atoms with E-state index < -0.39 is 5.63 Å². The largest absolute Gasteiger partial charge is 0.483 e. The number of aryl methyl sites for hydroxylation is 2. The highest BCUT2D eigenvalue weighted by Gasteiger charge is 2.14. The number of amides is 1. The predicted molar refractivity (Wildman–Crippen MR) is 100 cm³/mol. The molecular weight excluding hydrogens is 330 g/mol. The molecule has 3 aromatic rings. The van der Waals surface area contributed by atoms with Crippen molar-refractivity contribution in [3.63, 3.8) is 0 Å². The van der Waals surface area contributed by atoms with Crippen LogP contribution in [0.25, 0.3) is 11.0 Å². The van der Waals surface area contributed by atoms with Crippen LogP contribution in [-0.4, -0.2) is 24.5 Å². The van der Waals surface area contributed by atoms with E-state index in [2.05, 4.69) is 0 Å².